The quantitative estimate of drug-likeness (QED) is 0.703. The molecule has 86 valence electrons. The second kappa shape index (κ2) is 3.75. The molecule has 4 heteroatoms. The minimum absolute atomic E-state index is 0.622. The summed E-state index contributed by atoms with van der Waals surface area (Å²) in [5.41, 5.74) is 2.76. The van der Waals surface area contributed by atoms with E-state index in [1.165, 1.54) is 0 Å². The lowest BCUT2D eigenvalue weighted by molar-refractivity contribution is 0.220. The van der Waals surface area contributed by atoms with E-state index in [1.807, 2.05) is 43.7 Å². The molecule has 2 aromatic heterocycles. The Morgan fingerprint density at radius 1 is 1.29 bits per heavy atom. The fourth-order valence-electron chi connectivity index (χ4n) is 2.02. The molecule has 1 aromatic carbocycles. The summed E-state index contributed by atoms with van der Waals surface area (Å²) in [6, 6.07) is 7.89. The number of rotatable bonds is 2. The minimum atomic E-state index is -0.622. The van der Waals surface area contributed by atoms with Crippen LogP contribution in [0, 0.1) is 0 Å². The van der Waals surface area contributed by atoms with Crippen molar-refractivity contribution in [3.63, 3.8) is 0 Å². The first-order valence-electron chi connectivity index (χ1n) is 5.48. The lowest BCUT2D eigenvalue weighted by atomic mass is 10.0. The smallest absolute Gasteiger partial charge is 0.107 e. The van der Waals surface area contributed by atoms with Crippen LogP contribution in [0.3, 0.4) is 0 Å². The van der Waals surface area contributed by atoms with Gasteiger partial charge in [-0.25, -0.2) is 0 Å². The molecular formula is C13H13N3O. The summed E-state index contributed by atoms with van der Waals surface area (Å²) in [6.45, 7) is 0. The predicted octanol–water partition coefficient (Wildman–Crippen LogP) is 1.98. The molecule has 3 aromatic rings. The number of aliphatic hydroxyl groups excluding tert-OH is 1. The van der Waals surface area contributed by atoms with Crippen LogP contribution in [-0.2, 0) is 7.05 Å². The van der Waals surface area contributed by atoms with Gasteiger partial charge in [-0.15, -0.1) is 0 Å². The highest BCUT2D eigenvalue weighted by molar-refractivity contribution is 5.80. The average molecular weight is 227 g/mol. The number of aryl methyl sites for hydroxylation is 1. The predicted molar refractivity (Wildman–Crippen MR) is 65.6 cm³/mol. The Kier molecular flexibility index (Phi) is 2.23. The highest BCUT2D eigenvalue weighted by Crippen LogP contribution is 2.24. The SMILES string of the molecule is Cn1cc(C(O)c2ccc3[nH]ccc3c2)cn1. The van der Waals surface area contributed by atoms with Crippen LogP contribution in [0.2, 0.25) is 0 Å². The third kappa shape index (κ3) is 1.72. The van der Waals surface area contributed by atoms with Crippen molar-refractivity contribution in [2.24, 2.45) is 7.05 Å². The summed E-state index contributed by atoms with van der Waals surface area (Å²) in [5.74, 6) is 0. The highest BCUT2D eigenvalue weighted by Gasteiger charge is 2.12. The Morgan fingerprint density at radius 2 is 2.18 bits per heavy atom. The van der Waals surface area contributed by atoms with Gasteiger partial charge in [-0.3, -0.25) is 4.68 Å². The molecule has 1 unspecified atom stereocenters. The summed E-state index contributed by atoms with van der Waals surface area (Å²) < 4.78 is 1.69. The molecule has 0 saturated carbocycles. The molecule has 0 aliphatic heterocycles. The standard InChI is InChI=1S/C13H13N3O/c1-16-8-11(7-15-16)13(17)10-2-3-12-9(6-10)4-5-14-12/h2-8,13-14,17H,1H3. The molecule has 17 heavy (non-hydrogen) atoms. The van der Waals surface area contributed by atoms with Crippen molar-refractivity contribution < 1.29 is 5.11 Å². The van der Waals surface area contributed by atoms with E-state index in [0.29, 0.717) is 0 Å². The largest absolute Gasteiger partial charge is 0.384 e. The van der Waals surface area contributed by atoms with Crippen LogP contribution in [0.5, 0.6) is 0 Å². The van der Waals surface area contributed by atoms with Gasteiger partial charge in [0.2, 0.25) is 0 Å². The number of benzene rings is 1. The monoisotopic (exact) mass is 227 g/mol. The van der Waals surface area contributed by atoms with Gasteiger partial charge < -0.3 is 10.1 Å². The van der Waals surface area contributed by atoms with Crippen LogP contribution in [0.25, 0.3) is 10.9 Å². The van der Waals surface area contributed by atoms with E-state index in [0.717, 1.165) is 22.0 Å². The molecule has 4 nitrogen and oxygen atoms in total. The third-order valence-electron chi connectivity index (χ3n) is 2.93. The summed E-state index contributed by atoms with van der Waals surface area (Å²) in [7, 11) is 1.84. The summed E-state index contributed by atoms with van der Waals surface area (Å²) in [4.78, 5) is 3.13. The average Bonchev–Trinajstić information content (AvgIpc) is 2.95. The fraction of sp³-hybridized carbons (Fsp3) is 0.154. The Labute approximate surface area is 98.5 Å². The van der Waals surface area contributed by atoms with Gasteiger partial charge in [0.15, 0.2) is 0 Å². The molecule has 3 rings (SSSR count). The van der Waals surface area contributed by atoms with Crippen molar-refractivity contribution in [3.8, 4) is 0 Å². The zero-order valence-corrected chi connectivity index (χ0v) is 9.46. The normalized spacial score (nSPS) is 13.1. The first kappa shape index (κ1) is 10.1. The third-order valence-corrected chi connectivity index (χ3v) is 2.93. The van der Waals surface area contributed by atoms with E-state index in [2.05, 4.69) is 10.1 Å². The first-order chi connectivity index (χ1) is 8.24. The van der Waals surface area contributed by atoms with Crippen molar-refractivity contribution in [2.75, 3.05) is 0 Å². The molecular weight excluding hydrogens is 214 g/mol. The molecule has 0 saturated heterocycles. The van der Waals surface area contributed by atoms with Crippen molar-refractivity contribution in [1.29, 1.82) is 0 Å². The van der Waals surface area contributed by atoms with Gasteiger partial charge in [0.05, 0.1) is 6.20 Å². The molecule has 0 aliphatic rings. The maximum Gasteiger partial charge on any atom is 0.107 e. The van der Waals surface area contributed by atoms with E-state index in [4.69, 9.17) is 0 Å². The molecule has 0 fully saturated rings. The van der Waals surface area contributed by atoms with Gasteiger partial charge in [0, 0.05) is 30.5 Å². The zero-order chi connectivity index (χ0) is 11.8. The Morgan fingerprint density at radius 3 is 2.94 bits per heavy atom. The molecule has 0 radical (unpaired) electrons. The molecule has 0 amide bonds. The second-order valence-corrected chi connectivity index (χ2v) is 4.17. The number of H-pyrrole nitrogens is 1. The Bertz CT molecular complexity index is 653. The van der Waals surface area contributed by atoms with Gasteiger partial charge >= 0.3 is 0 Å². The summed E-state index contributed by atoms with van der Waals surface area (Å²) in [5, 5.41) is 15.4. The molecule has 1 atom stereocenters. The van der Waals surface area contributed by atoms with E-state index < -0.39 is 6.10 Å². The van der Waals surface area contributed by atoms with Crippen LogP contribution < -0.4 is 0 Å². The number of aromatic amines is 1. The van der Waals surface area contributed by atoms with E-state index in [-0.39, 0.29) is 0 Å². The van der Waals surface area contributed by atoms with Gasteiger partial charge in [-0.2, -0.15) is 5.10 Å². The molecule has 0 aliphatic carbocycles. The number of aromatic nitrogens is 3. The minimum Gasteiger partial charge on any atom is -0.384 e. The van der Waals surface area contributed by atoms with E-state index >= 15 is 0 Å². The lowest BCUT2D eigenvalue weighted by Gasteiger charge is -2.08. The molecule has 0 spiro atoms. The van der Waals surface area contributed by atoms with Crippen LogP contribution in [0.1, 0.15) is 17.2 Å². The number of aliphatic hydroxyl groups is 1. The van der Waals surface area contributed by atoms with Crippen LogP contribution >= 0.6 is 0 Å². The van der Waals surface area contributed by atoms with Crippen LogP contribution in [-0.4, -0.2) is 19.9 Å². The van der Waals surface area contributed by atoms with Gasteiger partial charge in [-0.1, -0.05) is 6.07 Å². The summed E-state index contributed by atoms with van der Waals surface area (Å²) >= 11 is 0. The van der Waals surface area contributed by atoms with Gasteiger partial charge in [0.25, 0.3) is 0 Å². The van der Waals surface area contributed by atoms with Crippen molar-refractivity contribution in [2.45, 2.75) is 6.10 Å². The van der Waals surface area contributed by atoms with Crippen LogP contribution in [0.15, 0.2) is 42.9 Å². The zero-order valence-electron chi connectivity index (χ0n) is 9.46. The van der Waals surface area contributed by atoms with E-state index in [9.17, 15) is 5.11 Å². The molecule has 2 N–H and O–H groups in total. The van der Waals surface area contributed by atoms with E-state index in [1.54, 1.807) is 10.9 Å². The topological polar surface area (TPSA) is 53.8 Å². The number of nitrogens with one attached hydrogen (secondary N) is 1. The Balaban J connectivity index is 2.02. The number of hydrogen-bond acceptors (Lipinski definition) is 2. The van der Waals surface area contributed by atoms with Crippen molar-refractivity contribution >= 4 is 10.9 Å². The Hall–Kier alpha value is -2.07. The number of nitrogens with zero attached hydrogens (tertiary/aromatic N) is 2. The second-order valence-electron chi connectivity index (χ2n) is 4.17. The number of fused-ring (bicyclic) bond motifs is 1. The van der Waals surface area contributed by atoms with Crippen LogP contribution in [0.4, 0.5) is 0 Å². The first-order valence-corrected chi connectivity index (χ1v) is 5.48. The molecule has 2 heterocycles. The summed E-state index contributed by atoms with van der Waals surface area (Å²) in [6.07, 6.45) is 4.78. The van der Waals surface area contributed by atoms with Gasteiger partial charge in [-0.05, 0) is 29.1 Å². The molecule has 0 bridgehead atoms. The van der Waals surface area contributed by atoms with Crippen molar-refractivity contribution in [3.05, 3.63) is 54.0 Å². The maximum absolute atomic E-state index is 10.2. The van der Waals surface area contributed by atoms with Crippen molar-refractivity contribution in [1.82, 2.24) is 14.8 Å². The lowest BCUT2D eigenvalue weighted by Crippen LogP contribution is -1.98. The fourth-order valence-corrected chi connectivity index (χ4v) is 2.02. The highest BCUT2D eigenvalue weighted by atomic mass is 16.3. The number of hydrogen-bond donors (Lipinski definition) is 2. The van der Waals surface area contributed by atoms with Gasteiger partial charge in [0.1, 0.15) is 6.10 Å². The maximum atomic E-state index is 10.2.